The first kappa shape index (κ1) is 14.3. The molecule has 0 aromatic heterocycles. The fourth-order valence-corrected chi connectivity index (χ4v) is 2.10. The summed E-state index contributed by atoms with van der Waals surface area (Å²) >= 11 is 0. The molecule has 1 aliphatic rings. The topological polar surface area (TPSA) is 15.3 Å². The maximum atomic E-state index is 13.4. The normalized spacial score (nSPS) is 16.9. The van der Waals surface area contributed by atoms with E-state index in [0.717, 1.165) is 6.07 Å². The molecule has 1 aromatic carbocycles. The highest BCUT2D eigenvalue weighted by molar-refractivity contribution is 5.19. The average molecular weight is 272 g/mol. The van der Waals surface area contributed by atoms with Crippen molar-refractivity contribution in [3.63, 3.8) is 0 Å². The second-order valence-corrected chi connectivity index (χ2v) is 5.23. The van der Waals surface area contributed by atoms with Gasteiger partial charge >= 0.3 is 0 Å². The largest absolute Gasteiger partial charge is 0.311 e. The Morgan fingerprint density at radius 3 is 2.47 bits per heavy atom. The van der Waals surface area contributed by atoms with E-state index in [4.69, 9.17) is 0 Å². The minimum atomic E-state index is -1.15. The van der Waals surface area contributed by atoms with Gasteiger partial charge in [0.05, 0.1) is 0 Å². The summed E-state index contributed by atoms with van der Waals surface area (Å²) in [5.74, 6) is -2.88. The lowest BCUT2D eigenvalue weighted by Crippen LogP contribution is -2.39. The first-order valence-electron chi connectivity index (χ1n) is 6.55. The van der Waals surface area contributed by atoms with E-state index >= 15 is 0 Å². The smallest absolute Gasteiger partial charge is 0.161 e. The summed E-state index contributed by atoms with van der Waals surface area (Å²) in [6.45, 7) is 2.98. The van der Waals surface area contributed by atoms with Gasteiger partial charge in [0.1, 0.15) is 5.82 Å². The summed E-state index contributed by atoms with van der Waals surface area (Å²) in [6, 6.07) is 2.50. The second kappa shape index (κ2) is 5.92. The van der Waals surface area contributed by atoms with E-state index in [1.54, 1.807) is 0 Å². The predicted octanol–water partition coefficient (Wildman–Crippen LogP) is 2.68. The molecule has 1 saturated carbocycles. The highest BCUT2D eigenvalue weighted by Gasteiger charge is 2.28. The van der Waals surface area contributed by atoms with Crippen LogP contribution in [0.15, 0.2) is 12.1 Å². The number of nitrogens with zero attached hydrogens (tertiary/aromatic N) is 1. The zero-order valence-electron chi connectivity index (χ0n) is 11.2. The third-order valence-electron chi connectivity index (χ3n) is 3.66. The van der Waals surface area contributed by atoms with Crippen molar-refractivity contribution >= 4 is 0 Å². The van der Waals surface area contributed by atoms with Crippen molar-refractivity contribution in [2.24, 2.45) is 0 Å². The lowest BCUT2D eigenvalue weighted by molar-refractivity contribution is 0.240. The highest BCUT2D eigenvalue weighted by Crippen LogP contribution is 2.26. The van der Waals surface area contributed by atoms with Crippen molar-refractivity contribution in [3.8, 4) is 0 Å². The molecule has 0 aliphatic heterocycles. The SMILES string of the molecule is CC(CNCc1cc(F)c(F)cc1F)N(C)C1CC1. The highest BCUT2D eigenvalue weighted by atomic mass is 19.2. The van der Waals surface area contributed by atoms with E-state index in [1.165, 1.54) is 12.8 Å². The number of rotatable bonds is 6. The van der Waals surface area contributed by atoms with Crippen molar-refractivity contribution in [1.29, 1.82) is 0 Å². The number of benzene rings is 1. The van der Waals surface area contributed by atoms with Crippen LogP contribution in [0, 0.1) is 17.5 Å². The van der Waals surface area contributed by atoms with Gasteiger partial charge in [-0.25, -0.2) is 13.2 Å². The Balaban J connectivity index is 1.83. The van der Waals surface area contributed by atoms with Crippen LogP contribution < -0.4 is 5.32 Å². The van der Waals surface area contributed by atoms with Crippen molar-refractivity contribution in [3.05, 3.63) is 35.1 Å². The number of halogens is 3. The standard InChI is InChI=1S/C14H19F3N2/c1-9(19(2)11-3-4-11)7-18-8-10-5-13(16)14(17)6-12(10)15/h5-6,9,11,18H,3-4,7-8H2,1-2H3. The molecule has 1 fully saturated rings. The molecule has 0 heterocycles. The zero-order chi connectivity index (χ0) is 14.0. The van der Waals surface area contributed by atoms with Crippen molar-refractivity contribution < 1.29 is 13.2 Å². The molecule has 1 unspecified atom stereocenters. The Morgan fingerprint density at radius 2 is 1.84 bits per heavy atom. The zero-order valence-corrected chi connectivity index (χ0v) is 11.2. The van der Waals surface area contributed by atoms with Crippen LogP contribution in [0.1, 0.15) is 25.3 Å². The number of hydrogen-bond acceptors (Lipinski definition) is 2. The van der Waals surface area contributed by atoms with Gasteiger partial charge in [-0.2, -0.15) is 0 Å². The third kappa shape index (κ3) is 3.70. The Morgan fingerprint density at radius 1 is 1.21 bits per heavy atom. The van der Waals surface area contributed by atoms with Crippen LogP contribution in [-0.4, -0.2) is 30.6 Å². The lowest BCUT2D eigenvalue weighted by atomic mass is 10.2. The quantitative estimate of drug-likeness (QED) is 0.801. The molecule has 2 nitrogen and oxygen atoms in total. The molecule has 0 spiro atoms. The van der Waals surface area contributed by atoms with E-state index in [0.29, 0.717) is 24.7 Å². The summed E-state index contributed by atoms with van der Waals surface area (Å²) in [5, 5.41) is 3.08. The van der Waals surface area contributed by atoms with Gasteiger partial charge in [0.2, 0.25) is 0 Å². The van der Waals surface area contributed by atoms with Gasteiger partial charge in [0.15, 0.2) is 11.6 Å². The number of likely N-dealkylation sites (N-methyl/N-ethyl adjacent to an activating group) is 1. The van der Waals surface area contributed by atoms with Gasteiger partial charge in [-0.3, -0.25) is 4.90 Å². The Hall–Kier alpha value is -1.07. The fourth-order valence-electron chi connectivity index (χ4n) is 2.10. The van der Waals surface area contributed by atoms with Crippen LogP contribution in [0.3, 0.4) is 0 Å². The summed E-state index contributed by atoms with van der Waals surface area (Å²) in [6.07, 6.45) is 2.47. The van der Waals surface area contributed by atoms with Crippen molar-refractivity contribution in [2.75, 3.05) is 13.6 Å². The molecular formula is C14H19F3N2. The molecule has 5 heteroatoms. The molecular weight excluding hydrogens is 253 g/mol. The van der Waals surface area contributed by atoms with E-state index in [9.17, 15) is 13.2 Å². The number of nitrogens with one attached hydrogen (secondary N) is 1. The Bertz CT molecular complexity index is 447. The monoisotopic (exact) mass is 272 g/mol. The molecule has 2 rings (SSSR count). The van der Waals surface area contributed by atoms with Crippen LogP contribution in [-0.2, 0) is 6.54 Å². The maximum Gasteiger partial charge on any atom is 0.161 e. The van der Waals surface area contributed by atoms with Crippen LogP contribution in [0.4, 0.5) is 13.2 Å². The van der Waals surface area contributed by atoms with Gasteiger partial charge in [-0.05, 0) is 32.9 Å². The maximum absolute atomic E-state index is 13.4. The molecule has 0 saturated heterocycles. The van der Waals surface area contributed by atoms with Gasteiger partial charge in [-0.1, -0.05) is 0 Å². The molecule has 0 bridgehead atoms. The summed E-state index contributed by atoms with van der Waals surface area (Å²) < 4.78 is 39.2. The first-order chi connectivity index (χ1) is 8.99. The molecule has 0 radical (unpaired) electrons. The molecule has 1 N–H and O–H groups in total. The van der Waals surface area contributed by atoms with Crippen molar-refractivity contribution in [2.45, 2.75) is 38.4 Å². The lowest BCUT2D eigenvalue weighted by Gasteiger charge is -2.24. The summed E-state index contributed by atoms with van der Waals surface area (Å²) in [4.78, 5) is 2.29. The molecule has 1 aromatic rings. The fraction of sp³-hybridized carbons (Fsp3) is 0.571. The van der Waals surface area contributed by atoms with E-state index in [2.05, 4.69) is 24.2 Å². The van der Waals surface area contributed by atoms with E-state index in [-0.39, 0.29) is 12.1 Å². The van der Waals surface area contributed by atoms with Crippen LogP contribution >= 0.6 is 0 Å². The molecule has 19 heavy (non-hydrogen) atoms. The van der Waals surface area contributed by atoms with Gasteiger partial charge < -0.3 is 5.32 Å². The molecule has 1 aliphatic carbocycles. The minimum Gasteiger partial charge on any atom is -0.311 e. The van der Waals surface area contributed by atoms with Gasteiger partial charge in [-0.15, -0.1) is 0 Å². The predicted molar refractivity (Wildman–Crippen MR) is 68.3 cm³/mol. The minimum absolute atomic E-state index is 0.153. The summed E-state index contributed by atoms with van der Waals surface area (Å²) in [7, 11) is 2.07. The Labute approximate surface area is 111 Å². The van der Waals surface area contributed by atoms with Crippen LogP contribution in [0.2, 0.25) is 0 Å². The van der Waals surface area contributed by atoms with Gasteiger partial charge in [0.25, 0.3) is 0 Å². The van der Waals surface area contributed by atoms with Gasteiger partial charge in [0, 0.05) is 36.8 Å². The van der Waals surface area contributed by atoms with E-state index in [1.807, 2.05) is 0 Å². The molecule has 106 valence electrons. The first-order valence-corrected chi connectivity index (χ1v) is 6.55. The average Bonchev–Trinajstić information content (AvgIpc) is 3.18. The van der Waals surface area contributed by atoms with Crippen LogP contribution in [0.25, 0.3) is 0 Å². The van der Waals surface area contributed by atoms with E-state index < -0.39 is 17.5 Å². The van der Waals surface area contributed by atoms with Crippen LogP contribution in [0.5, 0.6) is 0 Å². The Kier molecular flexibility index (Phi) is 4.47. The molecule has 0 amide bonds. The third-order valence-corrected chi connectivity index (χ3v) is 3.66. The van der Waals surface area contributed by atoms with Crippen molar-refractivity contribution in [1.82, 2.24) is 10.2 Å². The summed E-state index contributed by atoms with van der Waals surface area (Å²) in [5.41, 5.74) is 0.153. The molecule has 1 atom stereocenters. The number of hydrogen-bond donors (Lipinski definition) is 1. The second-order valence-electron chi connectivity index (χ2n) is 5.23.